The van der Waals surface area contributed by atoms with Gasteiger partial charge in [0.1, 0.15) is 11.3 Å². The number of carbonyl (C=O) groups is 1. The molecule has 1 spiro atoms. The van der Waals surface area contributed by atoms with Gasteiger partial charge in [-0.05, 0) is 43.9 Å². The van der Waals surface area contributed by atoms with E-state index < -0.39 is 5.54 Å². The Labute approximate surface area is 165 Å². The van der Waals surface area contributed by atoms with E-state index in [1.165, 1.54) is 5.56 Å². The van der Waals surface area contributed by atoms with Crippen molar-refractivity contribution in [1.82, 2.24) is 15.2 Å². The molecular formula is C22H27N3O3. The van der Waals surface area contributed by atoms with Gasteiger partial charge in [0.25, 0.3) is 0 Å². The number of aryl methyl sites for hydroxylation is 1. The van der Waals surface area contributed by atoms with E-state index in [0.717, 1.165) is 31.4 Å². The number of carbonyl (C=O) groups excluding carboxylic acids is 1. The molecule has 1 atom stereocenters. The van der Waals surface area contributed by atoms with E-state index in [4.69, 9.17) is 0 Å². The smallest absolute Gasteiger partial charge is 0.241 e. The third kappa shape index (κ3) is 3.16. The Balaban J connectivity index is 1.74. The molecular weight excluding hydrogens is 354 g/mol. The van der Waals surface area contributed by atoms with Crippen LogP contribution in [0.3, 0.4) is 0 Å². The summed E-state index contributed by atoms with van der Waals surface area (Å²) in [5.74, 6) is 0.168. The number of hydrogen-bond donors (Lipinski definition) is 3. The first-order chi connectivity index (χ1) is 13.5. The summed E-state index contributed by atoms with van der Waals surface area (Å²) >= 11 is 0. The summed E-state index contributed by atoms with van der Waals surface area (Å²) in [7, 11) is 0. The fourth-order valence-electron chi connectivity index (χ4n) is 4.61. The number of aromatic nitrogens is 1. The van der Waals surface area contributed by atoms with Crippen LogP contribution in [-0.2, 0) is 30.9 Å². The molecule has 2 aromatic rings. The Morgan fingerprint density at radius 3 is 2.82 bits per heavy atom. The predicted molar refractivity (Wildman–Crippen MR) is 106 cm³/mol. The number of benzene rings is 1. The topological polar surface area (TPSA) is 85.7 Å². The first-order valence-electron chi connectivity index (χ1n) is 9.92. The highest BCUT2D eigenvalue weighted by Crippen LogP contribution is 2.37. The van der Waals surface area contributed by atoms with Crippen molar-refractivity contribution >= 4 is 5.91 Å². The Hall–Kier alpha value is -2.44. The lowest BCUT2D eigenvalue weighted by molar-refractivity contribution is -0.136. The molecule has 0 bridgehead atoms. The first kappa shape index (κ1) is 18.9. The first-order valence-corrected chi connectivity index (χ1v) is 9.92. The Morgan fingerprint density at radius 1 is 1.25 bits per heavy atom. The Morgan fingerprint density at radius 2 is 2.04 bits per heavy atom. The lowest BCUT2D eigenvalue weighted by Gasteiger charge is -2.45. The van der Waals surface area contributed by atoms with Crippen molar-refractivity contribution in [2.24, 2.45) is 0 Å². The minimum absolute atomic E-state index is 0.0548. The number of aliphatic hydroxyl groups excluding tert-OH is 1. The summed E-state index contributed by atoms with van der Waals surface area (Å²) in [5, 5.41) is 23.5. The van der Waals surface area contributed by atoms with Gasteiger partial charge < -0.3 is 15.5 Å². The summed E-state index contributed by atoms with van der Waals surface area (Å²) in [6.07, 6.45) is 5.07. The number of likely N-dealkylation sites (tertiary alicyclic amines) is 1. The van der Waals surface area contributed by atoms with Crippen molar-refractivity contribution in [3.63, 3.8) is 0 Å². The number of nitrogens with zero attached hydrogens (tertiary/aromatic N) is 2. The highest BCUT2D eigenvalue weighted by molar-refractivity contribution is 5.87. The van der Waals surface area contributed by atoms with Crippen molar-refractivity contribution in [3.8, 4) is 5.75 Å². The minimum Gasteiger partial charge on any atom is -0.506 e. The molecule has 6 nitrogen and oxygen atoms in total. The maximum Gasteiger partial charge on any atom is 0.241 e. The number of rotatable bonds is 3. The van der Waals surface area contributed by atoms with E-state index in [2.05, 4.69) is 27.3 Å². The Bertz CT molecular complexity index is 899. The molecule has 6 heteroatoms. The molecule has 0 radical (unpaired) electrons. The van der Waals surface area contributed by atoms with Gasteiger partial charge in [0, 0.05) is 36.8 Å². The van der Waals surface area contributed by atoms with Crippen LogP contribution in [0.4, 0.5) is 0 Å². The van der Waals surface area contributed by atoms with E-state index in [0.29, 0.717) is 36.3 Å². The molecule has 2 aliphatic heterocycles. The van der Waals surface area contributed by atoms with Gasteiger partial charge in [-0.15, -0.1) is 0 Å². The summed E-state index contributed by atoms with van der Waals surface area (Å²) in [6, 6.07) is 8.21. The third-order valence-electron chi connectivity index (χ3n) is 6.29. The van der Waals surface area contributed by atoms with Gasteiger partial charge in [-0.25, -0.2) is 0 Å². The molecule has 148 valence electrons. The SMILES string of the molecule is Cc1ncc(CO)c(CN2CCCCC23Cc2ccccc2CNC3=O)c1O. The van der Waals surface area contributed by atoms with Gasteiger partial charge >= 0.3 is 0 Å². The van der Waals surface area contributed by atoms with Crippen LogP contribution in [0.2, 0.25) is 0 Å². The van der Waals surface area contributed by atoms with Crippen LogP contribution >= 0.6 is 0 Å². The summed E-state index contributed by atoms with van der Waals surface area (Å²) in [4.78, 5) is 19.6. The van der Waals surface area contributed by atoms with E-state index in [1.54, 1.807) is 13.1 Å². The van der Waals surface area contributed by atoms with Gasteiger partial charge in [0.15, 0.2) is 0 Å². The van der Waals surface area contributed by atoms with E-state index in [1.807, 2.05) is 12.1 Å². The molecule has 1 aromatic carbocycles. The molecule has 3 heterocycles. The molecule has 0 saturated carbocycles. The molecule has 1 amide bonds. The second-order valence-corrected chi connectivity index (χ2v) is 7.89. The second kappa shape index (κ2) is 7.53. The number of amides is 1. The normalized spacial score (nSPS) is 22.6. The lowest BCUT2D eigenvalue weighted by Crippen LogP contribution is -2.61. The van der Waals surface area contributed by atoms with Crippen LogP contribution in [0.1, 0.15) is 47.2 Å². The number of piperidine rings is 1. The Kier molecular flexibility index (Phi) is 5.08. The zero-order valence-corrected chi connectivity index (χ0v) is 16.2. The molecule has 1 aromatic heterocycles. The molecule has 0 aliphatic carbocycles. The van der Waals surface area contributed by atoms with E-state index >= 15 is 0 Å². The van der Waals surface area contributed by atoms with Crippen molar-refractivity contribution in [2.45, 2.75) is 57.8 Å². The largest absolute Gasteiger partial charge is 0.506 e. The predicted octanol–water partition coefficient (Wildman–Crippen LogP) is 2.19. The van der Waals surface area contributed by atoms with Crippen molar-refractivity contribution < 1.29 is 15.0 Å². The number of fused-ring (bicyclic) bond motifs is 1. The highest BCUT2D eigenvalue weighted by Gasteiger charge is 2.47. The summed E-state index contributed by atoms with van der Waals surface area (Å²) in [5.41, 5.74) is 3.54. The quantitative estimate of drug-likeness (QED) is 0.759. The van der Waals surface area contributed by atoms with Gasteiger partial charge in [-0.1, -0.05) is 24.3 Å². The van der Waals surface area contributed by atoms with Crippen molar-refractivity contribution in [3.05, 3.63) is 58.4 Å². The fourth-order valence-corrected chi connectivity index (χ4v) is 4.61. The van der Waals surface area contributed by atoms with Gasteiger partial charge in [0.2, 0.25) is 5.91 Å². The number of aliphatic hydroxyl groups is 1. The standard InChI is InChI=1S/C22H27N3O3/c1-15-20(27)19(18(14-26)12-23-15)13-25-9-5-4-8-22(25)10-16-6-2-3-7-17(16)11-24-21(22)28/h2-3,6-7,12,26-27H,4-5,8-11,13-14H2,1H3,(H,24,28). The maximum atomic E-state index is 13.3. The number of pyridine rings is 1. The molecule has 28 heavy (non-hydrogen) atoms. The van der Waals surface area contributed by atoms with Gasteiger partial charge in [0.05, 0.1) is 12.3 Å². The zero-order chi connectivity index (χ0) is 19.7. The average Bonchev–Trinajstić information content (AvgIpc) is 2.85. The van der Waals surface area contributed by atoms with Crippen LogP contribution in [0, 0.1) is 6.92 Å². The van der Waals surface area contributed by atoms with E-state index in [9.17, 15) is 15.0 Å². The molecule has 1 saturated heterocycles. The van der Waals surface area contributed by atoms with Crippen molar-refractivity contribution in [2.75, 3.05) is 6.54 Å². The van der Waals surface area contributed by atoms with Crippen LogP contribution in [0.25, 0.3) is 0 Å². The highest BCUT2D eigenvalue weighted by atomic mass is 16.3. The monoisotopic (exact) mass is 381 g/mol. The fraction of sp³-hybridized carbons (Fsp3) is 0.455. The number of aromatic hydroxyl groups is 1. The van der Waals surface area contributed by atoms with Gasteiger partial charge in [-0.2, -0.15) is 0 Å². The van der Waals surface area contributed by atoms with Gasteiger partial charge in [-0.3, -0.25) is 14.7 Å². The third-order valence-corrected chi connectivity index (χ3v) is 6.29. The lowest BCUT2D eigenvalue weighted by atomic mass is 9.80. The summed E-state index contributed by atoms with van der Waals surface area (Å²) < 4.78 is 0. The summed E-state index contributed by atoms with van der Waals surface area (Å²) in [6.45, 7) is 3.31. The minimum atomic E-state index is -0.638. The molecule has 1 fully saturated rings. The second-order valence-electron chi connectivity index (χ2n) is 7.89. The van der Waals surface area contributed by atoms with Crippen LogP contribution in [-0.4, -0.2) is 38.1 Å². The van der Waals surface area contributed by atoms with Crippen LogP contribution in [0.15, 0.2) is 30.5 Å². The van der Waals surface area contributed by atoms with E-state index in [-0.39, 0.29) is 18.3 Å². The van der Waals surface area contributed by atoms with Crippen LogP contribution in [0.5, 0.6) is 5.75 Å². The molecule has 3 N–H and O–H groups in total. The number of hydrogen-bond acceptors (Lipinski definition) is 5. The van der Waals surface area contributed by atoms with Crippen LogP contribution < -0.4 is 5.32 Å². The zero-order valence-electron chi connectivity index (χ0n) is 16.2. The maximum absolute atomic E-state index is 13.3. The van der Waals surface area contributed by atoms with Crippen molar-refractivity contribution in [1.29, 1.82) is 0 Å². The average molecular weight is 381 g/mol. The molecule has 4 rings (SSSR count). The number of nitrogens with one attached hydrogen (secondary N) is 1. The molecule has 2 aliphatic rings. The molecule has 1 unspecified atom stereocenters.